The van der Waals surface area contributed by atoms with E-state index in [9.17, 15) is 4.79 Å². The maximum Gasteiger partial charge on any atom is 0.255 e. The number of carbonyl (C=O) groups is 1. The number of hydrogen-bond donors (Lipinski definition) is 2. The first-order chi connectivity index (χ1) is 19.8. The molecule has 2 N–H and O–H groups in total. The van der Waals surface area contributed by atoms with Crippen LogP contribution in [0.1, 0.15) is 49.4 Å². The van der Waals surface area contributed by atoms with E-state index >= 15 is 0 Å². The van der Waals surface area contributed by atoms with Gasteiger partial charge < -0.3 is 15.4 Å². The van der Waals surface area contributed by atoms with Gasteiger partial charge in [-0.05, 0) is 67.8 Å². The highest BCUT2D eigenvalue weighted by atomic mass is 35.5. The number of carbonyl (C=O) groups excluding carboxylic acids is 1. The van der Waals surface area contributed by atoms with Gasteiger partial charge >= 0.3 is 0 Å². The molecule has 0 fully saturated rings. The lowest BCUT2D eigenvalue weighted by atomic mass is 9.95. The molecular weight excluding hydrogens is 577 g/mol. The topological polar surface area (TPSA) is 81.1 Å². The van der Waals surface area contributed by atoms with Gasteiger partial charge in [0.25, 0.3) is 5.91 Å². The van der Waals surface area contributed by atoms with Crippen LogP contribution in [0.2, 0.25) is 10.0 Å². The number of anilines is 2. The Bertz CT molecular complexity index is 1570. The second kappa shape index (κ2) is 13.0. The number of hydrogen-bond acceptors (Lipinski definition) is 6. The molecule has 0 saturated carbocycles. The van der Waals surface area contributed by atoms with E-state index in [1.54, 1.807) is 34.6 Å². The van der Waals surface area contributed by atoms with Gasteiger partial charge in [-0.15, -0.1) is 5.10 Å². The van der Waals surface area contributed by atoms with Crippen LogP contribution < -0.4 is 15.4 Å². The van der Waals surface area contributed by atoms with Crippen molar-refractivity contribution in [2.24, 2.45) is 0 Å². The van der Waals surface area contributed by atoms with Gasteiger partial charge in [-0.2, -0.15) is 4.98 Å². The van der Waals surface area contributed by atoms with E-state index in [-0.39, 0.29) is 12.5 Å². The lowest BCUT2D eigenvalue weighted by molar-refractivity contribution is -0.113. The summed E-state index contributed by atoms with van der Waals surface area (Å²) in [6, 6.07) is 20.3. The molecule has 5 rings (SSSR count). The molecule has 7 nitrogen and oxygen atoms in total. The van der Waals surface area contributed by atoms with E-state index in [1.165, 1.54) is 0 Å². The molecular formula is C31H31Cl2N5O2S. The number of unbranched alkanes of at least 4 members (excludes halogenated alkanes) is 1. The molecule has 212 valence electrons. The molecule has 1 amide bonds. The first kappa shape index (κ1) is 29.0. The summed E-state index contributed by atoms with van der Waals surface area (Å²) in [7, 11) is 0. The van der Waals surface area contributed by atoms with Crippen LogP contribution in [0.15, 0.2) is 83.2 Å². The van der Waals surface area contributed by atoms with Gasteiger partial charge in [-0.3, -0.25) is 4.79 Å². The largest absolute Gasteiger partial charge is 0.489 e. The Labute approximate surface area is 254 Å². The summed E-state index contributed by atoms with van der Waals surface area (Å²) in [6.45, 7) is 6.28. The van der Waals surface area contributed by atoms with Gasteiger partial charge in [0.15, 0.2) is 0 Å². The van der Waals surface area contributed by atoms with E-state index in [2.05, 4.69) is 17.6 Å². The number of nitrogens with one attached hydrogen (secondary N) is 2. The molecule has 41 heavy (non-hydrogen) atoms. The van der Waals surface area contributed by atoms with Crippen molar-refractivity contribution in [1.82, 2.24) is 14.8 Å². The van der Waals surface area contributed by atoms with E-state index in [0.717, 1.165) is 46.7 Å². The fourth-order valence-electron chi connectivity index (χ4n) is 4.60. The third-order valence-corrected chi connectivity index (χ3v) is 8.36. The lowest BCUT2D eigenvalue weighted by Crippen LogP contribution is -2.31. The van der Waals surface area contributed by atoms with Gasteiger partial charge in [0.05, 0.1) is 5.57 Å². The number of benzene rings is 3. The molecule has 1 aromatic heterocycles. The zero-order valence-corrected chi connectivity index (χ0v) is 25.4. The molecule has 1 aliphatic heterocycles. The number of nitrogens with zero attached hydrogens (tertiary/aromatic N) is 3. The van der Waals surface area contributed by atoms with Crippen LogP contribution in [0.25, 0.3) is 0 Å². The van der Waals surface area contributed by atoms with Crippen LogP contribution in [-0.4, -0.2) is 26.4 Å². The minimum Gasteiger partial charge on any atom is -0.489 e. The number of fused-ring (bicyclic) bond motifs is 1. The minimum absolute atomic E-state index is 0.208. The molecule has 10 heteroatoms. The highest BCUT2D eigenvalue weighted by Crippen LogP contribution is 2.37. The van der Waals surface area contributed by atoms with E-state index in [4.69, 9.17) is 38.0 Å². The average molecular weight is 609 g/mol. The number of allylic oxidation sites excluding steroid dienone is 1. The summed E-state index contributed by atoms with van der Waals surface area (Å²) >= 11 is 14.2. The van der Waals surface area contributed by atoms with Gasteiger partial charge in [-0.1, -0.05) is 78.6 Å². The van der Waals surface area contributed by atoms with Crippen molar-refractivity contribution in [3.05, 3.63) is 105 Å². The molecule has 0 aliphatic carbocycles. The minimum atomic E-state index is -0.490. The molecule has 0 spiro atoms. The fraction of sp³-hybridized carbons (Fsp3) is 0.258. The van der Waals surface area contributed by atoms with Crippen LogP contribution in [0, 0.1) is 6.92 Å². The van der Waals surface area contributed by atoms with E-state index in [0.29, 0.717) is 32.5 Å². The maximum atomic E-state index is 13.8. The smallest absolute Gasteiger partial charge is 0.255 e. The normalized spacial score (nSPS) is 14.4. The molecule has 3 aromatic carbocycles. The Balaban J connectivity index is 1.45. The molecule has 0 radical (unpaired) electrons. The van der Waals surface area contributed by atoms with Crippen LogP contribution >= 0.6 is 35.0 Å². The van der Waals surface area contributed by atoms with Crippen molar-refractivity contribution in [3.63, 3.8) is 0 Å². The van der Waals surface area contributed by atoms with Crippen molar-refractivity contribution in [3.8, 4) is 5.75 Å². The summed E-state index contributed by atoms with van der Waals surface area (Å²) in [5.41, 5.74) is 4.68. The van der Waals surface area contributed by atoms with Gasteiger partial charge in [0, 0.05) is 32.7 Å². The molecule has 0 bridgehead atoms. The Morgan fingerprint density at radius 3 is 2.51 bits per heavy atom. The van der Waals surface area contributed by atoms with E-state index < -0.39 is 6.04 Å². The number of thioether (sulfide) groups is 1. The van der Waals surface area contributed by atoms with Crippen LogP contribution in [0.4, 0.5) is 11.6 Å². The third-order valence-electron chi connectivity index (χ3n) is 6.72. The zero-order valence-electron chi connectivity index (χ0n) is 23.1. The van der Waals surface area contributed by atoms with Gasteiger partial charge in [0.1, 0.15) is 18.4 Å². The summed E-state index contributed by atoms with van der Waals surface area (Å²) in [6.07, 6.45) is 2.18. The molecule has 2 heterocycles. The predicted octanol–water partition coefficient (Wildman–Crippen LogP) is 8.29. The monoisotopic (exact) mass is 607 g/mol. The van der Waals surface area contributed by atoms with Crippen molar-refractivity contribution in [1.29, 1.82) is 0 Å². The maximum absolute atomic E-state index is 13.8. The van der Waals surface area contributed by atoms with E-state index in [1.807, 2.05) is 62.4 Å². The van der Waals surface area contributed by atoms with Gasteiger partial charge in [-0.25, -0.2) is 4.68 Å². The van der Waals surface area contributed by atoms with Crippen molar-refractivity contribution < 1.29 is 9.53 Å². The average Bonchev–Trinajstić information content (AvgIpc) is 3.34. The summed E-state index contributed by atoms with van der Waals surface area (Å²) < 4.78 is 7.80. The molecule has 4 aromatic rings. The highest BCUT2D eigenvalue weighted by Gasteiger charge is 2.34. The number of amides is 1. The lowest BCUT2D eigenvalue weighted by Gasteiger charge is -2.28. The van der Waals surface area contributed by atoms with Crippen molar-refractivity contribution in [2.75, 3.05) is 16.4 Å². The Hall–Kier alpha value is -3.46. The Morgan fingerprint density at radius 2 is 1.80 bits per heavy atom. The second-order valence-electron chi connectivity index (χ2n) is 9.81. The van der Waals surface area contributed by atoms with Crippen molar-refractivity contribution in [2.45, 2.75) is 51.4 Å². The number of ether oxygens (including phenoxy) is 1. The van der Waals surface area contributed by atoms with Crippen LogP contribution in [0.3, 0.4) is 0 Å². The predicted molar refractivity (Wildman–Crippen MR) is 167 cm³/mol. The van der Waals surface area contributed by atoms with Gasteiger partial charge in [0.2, 0.25) is 11.1 Å². The molecule has 1 unspecified atom stereocenters. The Kier molecular flexibility index (Phi) is 9.22. The number of rotatable bonds is 10. The molecule has 1 atom stereocenters. The third kappa shape index (κ3) is 6.72. The standard InChI is InChI=1S/C31H31Cl2N5O2S/c1-4-5-16-41-31-36-30-34-20(3)27(29(39)35-22-9-6-8-19(2)17-22)28(38(30)37-31)21-12-14-23(15-13-21)40-18-24-25(32)10-7-11-26(24)33/h6-15,17,28H,4-5,16,18H2,1-3H3,(H,35,39)(H,34,36,37). The van der Waals surface area contributed by atoms with Crippen molar-refractivity contribution >= 4 is 52.5 Å². The number of aromatic nitrogens is 3. The summed E-state index contributed by atoms with van der Waals surface area (Å²) in [5.74, 6) is 1.98. The Morgan fingerprint density at radius 1 is 1.07 bits per heavy atom. The number of halogens is 2. The second-order valence-corrected chi connectivity index (χ2v) is 11.7. The summed E-state index contributed by atoms with van der Waals surface area (Å²) in [4.78, 5) is 18.5. The summed E-state index contributed by atoms with van der Waals surface area (Å²) in [5, 5.41) is 13.0. The number of aryl methyl sites for hydroxylation is 1. The molecule has 1 aliphatic rings. The first-order valence-corrected chi connectivity index (χ1v) is 15.2. The van der Waals surface area contributed by atoms with Crippen LogP contribution in [0.5, 0.6) is 5.75 Å². The SMILES string of the molecule is CCCCSc1nc2n(n1)C(c1ccc(OCc3c(Cl)cccc3Cl)cc1)C(C(=O)Nc1cccc(C)c1)=C(C)N2. The molecule has 0 saturated heterocycles. The quantitative estimate of drug-likeness (QED) is 0.139. The van der Waals surface area contributed by atoms with Crippen LogP contribution in [-0.2, 0) is 11.4 Å². The fourth-order valence-corrected chi connectivity index (χ4v) is 6.01. The highest BCUT2D eigenvalue weighted by molar-refractivity contribution is 7.99. The first-order valence-electron chi connectivity index (χ1n) is 13.4. The zero-order chi connectivity index (χ0) is 28.9.